The zero-order chi connectivity index (χ0) is 23.6. The molecule has 0 saturated heterocycles. The second kappa shape index (κ2) is 9.08. The summed E-state index contributed by atoms with van der Waals surface area (Å²) in [5, 5.41) is 0.622. The third kappa shape index (κ3) is 3.98. The van der Waals surface area contributed by atoms with E-state index in [1.807, 2.05) is 36.4 Å². The molecule has 1 aliphatic heterocycles. The predicted octanol–water partition coefficient (Wildman–Crippen LogP) is 2.60. The molecule has 8 nitrogen and oxygen atoms in total. The Kier molecular flexibility index (Phi) is 6.20. The first-order valence-corrected chi connectivity index (χ1v) is 12.4. The molecule has 0 amide bonds. The van der Waals surface area contributed by atoms with Crippen LogP contribution in [-0.2, 0) is 24.2 Å². The molecule has 0 fully saturated rings. The van der Waals surface area contributed by atoms with Crippen molar-refractivity contribution in [2.75, 3.05) is 6.16 Å². The van der Waals surface area contributed by atoms with Crippen LogP contribution in [0.3, 0.4) is 0 Å². The van der Waals surface area contributed by atoms with E-state index in [2.05, 4.69) is 13.2 Å². The number of fused-ring (bicyclic) bond motifs is 3. The fraction of sp³-hybridized carbons (Fsp3) is 0.208. The van der Waals surface area contributed by atoms with Gasteiger partial charge in [-0.25, -0.2) is 28.1 Å². The van der Waals surface area contributed by atoms with Crippen LogP contribution < -0.4 is 26.9 Å². The number of allylic oxidation sites excluding steroid dienone is 2. The normalized spacial score (nSPS) is 16.4. The first-order chi connectivity index (χ1) is 15.9. The molecule has 170 valence electrons. The maximum atomic E-state index is 13.9. The molecule has 0 aliphatic carbocycles. The van der Waals surface area contributed by atoms with Crippen molar-refractivity contribution in [1.82, 2.24) is 13.7 Å². The molecule has 0 N–H and O–H groups in total. The summed E-state index contributed by atoms with van der Waals surface area (Å²) in [5.41, 5.74) is -0.431. The molecule has 0 bridgehead atoms. The maximum absolute atomic E-state index is 13.9. The second-order valence-corrected chi connectivity index (χ2v) is 10.1. The highest BCUT2D eigenvalue weighted by atomic mass is 31.2. The molecule has 4 rings (SSSR count). The molecule has 0 radical (unpaired) electrons. The molecule has 1 unspecified atom stereocenters. The Balaban J connectivity index is 1.67. The van der Waals surface area contributed by atoms with E-state index in [9.17, 15) is 18.9 Å². The summed E-state index contributed by atoms with van der Waals surface area (Å²) < 4.78 is 22.8. The van der Waals surface area contributed by atoms with E-state index in [1.54, 1.807) is 12.1 Å². The van der Waals surface area contributed by atoms with E-state index in [1.165, 1.54) is 12.2 Å². The standard InChI is InChI=1S/C24H24N3O5P/c1-3-14-25-22(28)26(15-4-2)24(30)27(23(25)29)16-9-17-33(31)21-13-8-6-11-19(21)18-10-5-7-12-20(18)32-33/h3-8,10-13H,1-2,9,14-17H2. The molecule has 1 aromatic heterocycles. The van der Waals surface area contributed by atoms with Gasteiger partial charge in [0.05, 0.1) is 18.4 Å². The number of para-hydroxylation sites is 1. The Labute approximate surface area is 190 Å². The minimum atomic E-state index is -3.29. The molecule has 0 spiro atoms. The van der Waals surface area contributed by atoms with Gasteiger partial charge in [-0.05, 0) is 24.1 Å². The smallest absolute Gasteiger partial charge is 0.336 e. The molecule has 2 heterocycles. The van der Waals surface area contributed by atoms with E-state index < -0.39 is 24.4 Å². The predicted molar refractivity (Wildman–Crippen MR) is 129 cm³/mol. The van der Waals surface area contributed by atoms with Crippen LogP contribution in [0.15, 0.2) is 88.2 Å². The molecule has 9 heteroatoms. The molecule has 0 saturated carbocycles. The van der Waals surface area contributed by atoms with Crippen molar-refractivity contribution in [3.05, 3.63) is 105 Å². The van der Waals surface area contributed by atoms with Gasteiger partial charge in [-0.3, -0.25) is 4.57 Å². The number of aromatic nitrogens is 3. The third-order valence-corrected chi connectivity index (χ3v) is 8.06. The van der Waals surface area contributed by atoms with E-state index in [4.69, 9.17) is 4.52 Å². The van der Waals surface area contributed by atoms with Crippen LogP contribution in [0.1, 0.15) is 6.42 Å². The van der Waals surface area contributed by atoms with Crippen LogP contribution in [0, 0.1) is 0 Å². The maximum Gasteiger partial charge on any atom is 0.336 e. The Bertz CT molecular complexity index is 1420. The lowest BCUT2D eigenvalue weighted by Gasteiger charge is -2.28. The van der Waals surface area contributed by atoms with Gasteiger partial charge in [0.25, 0.3) is 7.37 Å². The summed E-state index contributed by atoms with van der Waals surface area (Å²) in [6.45, 7) is 7.07. The molecule has 1 aliphatic rings. The number of benzene rings is 2. The summed E-state index contributed by atoms with van der Waals surface area (Å²) in [6.07, 6.45) is 3.20. The van der Waals surface area contributed by atoms with Gasteiger partial charge in [-0.15, -0.1) is 13.2 Å². The van der Waals surface area contributed by atoms with Crippen LogP contribution in [0.25, 0.3) is 11.1 Å². The Hall–Kier alpha value is -3.64. The number of rotatable bonds is 8. The summed E-state index contributed by atoms with van der Waals surface area (Å²) in [6, 6.07) is 14.8. The van der Waals surface area contributed by atoms with Gasteiger partial charge < -0.3 is 4.52 Å². The number of hydrogen-bond acceptors (Lipinski definition) is 5. The van der Waals surface area contributed by atoms with Gasteiger partial charge in [0.1, 0.15) is 5.75 Å². The zero-order valence-corrected chi connectivity index (χ0v) is 18.9. The van der Waals surface area contributed by atoms with E-state index in [0.717, 1.165) is 24.8 Å². The quantitative estimate of drug-likeness (QED) is 0.377. The minimum absolute atomic E-state index is 0.0105. The zero-order valence-electron chi connectivity index (χ0n) is 18.1. The Morgan fingerprint density at radius 3 is 1.97 bits per heavy atom. The van der Waals surface area contributed by atoms with Crippen molar-refractivity contribution < 1.29 is 9.09 Å². The van der Waals surface area contributed by atoms with Crippen molar-refractivity contribution >= 4 is 12.7 Å². The fourth-order valence-corrected chi connectivity index (χ4v) is 6.36. The molecular weight excluding hydrogens is 441 g/mol. The van der Waals surface area contributed by atoms with E-state index in [-0.39, 0.29) is 32.2 Å². The van der Waals surface area contributed by atoms with Crippen LogP contribution in [0.4, 0.5) is 0 Å². The van der Waals surface area contributed by atoms with Gasteiger partial charge in [-0.2, -0.15) is 0 Å². The minimum Gasteiger partial charge on any atom is -0.439 e. The fourth-order valence-electron chi connectivity index (χ4n) is 4.02. The molecule has 3 aromatic rings. The van der Waals surface area contributed by atoms with Crippen molar-refractivity contribution in [3.8, 4) is 16.9 Å². The van der Waals surface area contributed by atoms with Gasteiger partial charge in [0.2, 0.25) is 0 Å². The molecule has 1 atom stereocenters. The largest absolute Gasteiger partial charge is 0.439 e. The Morgan fingerprint density at radius 2 is 1.33 bits per heavy atom. The lowest BCUT2D eigenvalue weighted by atomic mass is 10.0. The van der Waals surface area contributed by atoms with Gasteiger partial charge in [-0.1, -0.05) is 48.6 Å². The summed E-state index contributed by atoms with van der Waals surface area (Å²) in [7, 11) is -3.29. The van der Waals surface area contributed by atoms with E-state index in [0.29, 0.717) is 11.1 Å². The lowest BCUT2D eigenvalue weighted by molar-refractivity contribution is 0.464. The highest BCUT2D eigenvalue weighted by molar-refractivity contribution is 7.67. The van der Waals surface area contributed by atoms with Gasteiger partial charge in [0.15, 0.2) is 0 Å². The first kappa shape index (κ1) is 22.6. The topological polar surface area (TPSA) is 92.3 Å². The van der Waals surface area contributed by atoms with Crippen molar-refractivity contribution in [3.63, 3.8) is 0 Å². The van der Waals surface area contributed by atoms with Gasteiger partial charge >= 0.3 is 17.1 Å². The SMILES string of the molecule is C=CCn1c(=O)n(CC=C)c(=O)n(CCCP2(=O)Oc3ccccc3-c3ccccc32)c1=O. The average Bonchev–Trinajstić information content (AvgIpc) is 2.82. The van der Waals surface area contributed by atoms with Crippen LogP contribution >= 0.6 is 7.37 Å². The summed E-state index contributed by atoms with van der Waals surface area (Å²) in [4.78, 5) is 38.2. The van der Waals surface area contributed by atoms with Crippen molar-refractivity contribution in [1.29, 1.82) is 0 Å². The van der Waals surface area contributed by atoms with Crippen LogP contribution in [-0.4, -0.2) is 19.9 Å². The van der Waals surface area contributed by atoms with Crippen molar-refractivity contribution in [2.24, 2.45) is 0 Å². The molecule has 33 heavy (non-hydrogen) atoms. The first-order valence-electron chi connectivity index (χ1n) is 10.5. The summed E-state index contributed by atoms with van der Waals surface area (Å²) in [5.74, 6) is 0.546. The Morgan fingerprint density at radius 1 is 0.788 bits per heavy atom. The van der Waals surface area contributed by atoms with Crippen molar-refractivity contribution in [2.45, 2.75) is 26.1 Å². The molecular formula is C24H24N3O5P. The highest BCUT2D eigenvalue weighted by Gasteiger charge is 2.35. The lowest BCUT2D eigenvalue weighted by Crippen LogP contribution is -2.54. The van der Waals surface area contributed by atoms with E-state index >= 15 is 0 Å². The number of hydrogen-bond donors (Lipinski definition) is 0. The molecule has 2 aromatic carbocycles. The van der Waals surface area contributed by atoms with Crippen LogP contribution in [0.5, 0.6) is 5.75 Å². The third-order valence-electron chi connectivity index (χ3n) is 5.54. The average molecular weight is 465 g/mol. The second-order valence-electron chi connectivity index (χ2n) is 7.65. The summed E-state index contributed by atoms with van der Waals surface area (Å²) >= 11 is 0. The van der Waals surface area contributed by atoms with Crippen LogP contribution in [0.2, 0.25) is 0 Å². The monoisotopic (exact) mass is 465 g/mol. The number of nitrogens with zero attached hydrogens (tertiary/aromatic N) is 3. The van der Waals surface area contributed by atoms with Gasteiger partial charge in [0, 0.05) is 18.3 Å². The highest BCUT2D eigenvalue weighted by Crippen LogP contribution is 2.54.